The van der Waals surface area contributed by atoms with Crippen molar-refractivity contribution in [3.05, 3.63) is 78.4 Å². The third-order valence-electron chi connectivity index (χ3n) is 5.39. The summed E-state index contributed by atoms with van der Waals surface area (Å²) in [5, 5.41) is 0.974. The first-order chi connectivity index (χ1) is 15.4. The maximum atomic E-state index is 12.5. The van der Waals surface area contributed by atoms with Crippen molar-refractivity contribution in [3.8, 4) is 17.0 Å². The monoisotopic (exact) mass is 449 g/mol. The highest BCUT2D eigenvalue weighted by molar-refractivity contribution is 7.91. The van der Waals surface area contributed by atoms with Crippen LogP contribution in [0.25, 0.3) is 22.2 Å². The number of aromatic nitrogens is 1. The van der Waals surface area contributed by atoms with Gasteiger partial charge in [-0.3, -0.25) is 4.72 Å². The van der Waals surface area contributed by atoms with Crippen LogP contribution in [0, 0.1) is 0 Å². The number of fused-ring (bicyclic) bond motifs is 1. The number of hydrogen-bond donors (Lipinski definition) is 2. The lowest BCUT2D eigenvalue weighted by molar-refractivity contribution is 0.415. The van der Waals surface area contributed by atoms with Gasteiger partial charge >= 0.3 is 0 Å². The topological polar surface area (TPSA) is 86.4 Å². The molecular formula is C25H27N3O3S. The fraction of sp³-hybridized carbons (Fsp3) is 0.200. The van der Waals surface area contributed by atoms with Crippen molar-refractivity contribution in [2.24, 2.45) is 0 Å². The van der Waals surface area contributed by atoms with E-state index in [0.29, 0.717) is 11.4 Å². The Morgan fingerprint density at radius 1 is 1.00 bits per heavy atom. The van der Waals surface area contributed by atoms with Crippen LogP contribution in [0.3, 0.4) is 0 Å². The lowest BCUT2D eigenvalue weighted by Gasteiger charge is -2.12. The van der Waals surface area contributed by atoms with Gasteiger partial charge in [0.15, 0.2) is 0 Å². The van der Waals surface area contributed by atoms with E-state index in [2.05, 4.69) is 16.2 Å². The molecule has 0 fully saturated rings. The molecule has 0 saturated carbocycles. The van der Waals surface area contributed by atoms with Crippen LogP contribution in [0.4, 0.5) is 11.4 Å². The number of nitrogens with zero attached hydrogens (tertiary/aromatic N) is 1. The number of ether oxygens (including phenoxy) is 1. The van der Waals surface area contributed by atoms with Gasteiger partial charge in [0.25, 0.3) is 0 Å². The van der Waals surface area contributed by atoms with E-state index in [1.165, 1.54) is 0 Å². The number of rotatable bonds is 8. The minimum Gasteiger partial charge on any atom is -0.497 e. The predicted octanol–water partition coefficient (Wildman–Crippen LogP) is 5.25. The maximum Gasteiger partial charge on any atom is 0.236 e. The molecule has 0 atom stereocenters. The molecule has 1 heterocycles. The predicted molar refractivity (Wildman–Crippen MR) is 131 cm³/mol. The van der Waals surface area contributed by atoms with Crippen molar-refractivity contribution < 1.29 is 13.2 Å². The zero-order valence-corrected chi connectivity index (χ0v) is 19.0. The van der Waals surface area contributed by atoms with Crippen molar-refractivity contribution in [1.82, 2.24) is 4.57 Å². The van der Waals surface area contributed by atoms with Crippen LogP contribution in [-0.4, -0.2) is 20.1 Å². The first-order valence-corrected chi connectivity index (χ1v) is 12.2. The lowest BCUT2D eigenvalue weighted by Crippen LogP contribution is -2.15. The molecule has 7 heteroatoms. The molecule has 166 valence electrons. The summed E-state index contributed by atoms with van der Waals surface area (Å²) >= 11 is 0. The molecule has 0 aliphatic heterocycles. The molecule has 0 saturated heterocycles. The first kappa shape index (κ1) is 21.8. The largest absolute Gasteiger partial charge is 0.497 e. The van der Waals surface area contributed by atoms with Crippen molar-refractivity contribution in [2.75, 3.05) is 17.6 Å². The highest BCUT2D eigenvalue weighted by atomic mass is 32.2. The van der Waals surface area contributed by atoms with E-state index >= 15 is 0 Å². The Morgan fingerprint density at radius 3 is 2.38 bits per heavy atom. The molecule has 0 aliphatic carbocycles. The third kappa shape index (κ3) is 4.43. The number of nitrogens with one attached hydrogen (secondary N) is 1. The van der Waals surface area contributed by atoms with Crippen molar-refractivity contribution in [2.45, 2.75) is 25.6 Å². The minimum absolute atomic E-state index is 0.0743. The summed E-state index contributed by atoms with van der Waals surface area (Å²) in [7, 11) is -1.86. The Kier molecular flexibility index (Phi) is 6.10. The Morgan fingerprint density at radius 2 is 1.72 bits per heavy atom. The van der Waals surface area contributed by atoms with Crippen LogP contribution < -0.4 is 15.2 Å². The van der Waals surface area contributed by atoms with Crippen LogP contribution in [0.1, 0.15) is 18.9 Å². The highest BCUT2D eigenvalue weighted by Crippen LogP contribution is 2.38. The Balaban J connectivity index is 1.65. The van der Waals surface area contributed by atoms with Gasteiger partial charge in [-0.25, -0.2) is 8.42 Å². The molecule has 4 aromatic rings. The second-order valence-corrected chi connectivity index (χ2v) is 9.44. The third-order valence-corrected chi connectivity index (χ3v) is 6.65. The van der Waals surface area contributed by atoms with E-state index < -0.39 is 10.0 Å². The highest BCUT2D eigenvalue weighted by Gasteiger charge is 2.18. The van der Waals surface area contributed by atoms with Gasteiger partial charge < -0.3 is 15.0 Å². The van der Waals surface area contributed by atoms with Crippen LogP contribution in [0.2, 0.25) is 0 Å². The molecule has 6 nitrogen and oxygen atoms in total. The number of nitrogens with two attached hydrogens (primary N) is 1. The van der Waals surface area contributed by atoms with Gasteiger partial charge in [-0.05, 0) is 36.2 Å². The SMILES string of the molecule is CCCn1c(-c2ccc(NS(=O)(=O)Cc3ccccc3)cc2)c(N)c2ccc(OC)cc21. The van der Waals surface area contributed by atoms with E-state index in [4.69, 9.17) is 10.5 Å². The van der Waals surface area contributed by atoms with E-state index in [-0.39, 0.29) is 5.75 Å². The molecule has 0 unspecified atom stereocenters. The smallest absolute Gasteiger partial charge is 0.236 e. The molecule has 1 aromatic heterocycles. The number of hydrogen-bond acceptors (Lipinski definition) is 4. The quantitative estimate of drug-likeness (QED) is 0.385. The van der Waals surface area contributed by atoms with Crippen LogP contribution in [0.15, 0.2) is 72.8 Å². The number of anilines is 2. The number of benzene rings is 3. The molecule has 32 heavy (non-hydrogen) atoms. The number of methoxy groups -OCH3 is 1. The van der Waals surface area contributed by atoms with E-state index in [0.717, 1.165) is 46.4 Å². The summed E-state index contributed by atoms with van der Waals surface area (Å²) < 4.78 is 35.3. The van der Waals surface area contributed by atoms with Gasteiger partial charge in [0, 0.05) is 29.2 Å². The molecule has 4 rings (SSSR count). The summed E-state index contributed by atoms with van der Waals surface area (Å²) in [5.74, 6) is 0.705. The molecule has 0 bridgehead atoms. The summed E-state index contributed by atoms with van der Waals surface area (Å²) in [6.07, 6.45) is 0.949. The molecular weight excluding hydrogens is 422 g/mol. The van der Waals surface area contributed by atoms with Crippen molar-refractivity contribution >= 4 is 32.3 Å². The van der Waals surface area contributed by atoms with E-state index in [9.17, 15) is 8.42 Å². The molecule has 3 aromatic carbocycles. The molecule has 3 N–H and O–H groups in total. The second-order valence-electron chi connectivity index (χ2n) is 7.72. The number of aryl methyl sites for hydroxylation is 1. The number of nitrogen functional groups attached to an aromatic ring is 1. The van der Waals surface area contributed by atoms with Crippen LogP contribution >= 0.6 is 0 Å². The van der Waals surface area contributed by atoms with Crippen LogP contribution in [-0.2, 0) is 22.3 Å². The van der Waals surface area contributed by atoms with Gasteiger partial charge in [0.2, 0.25) is 10.0 Å². The molecule has 0 radical (unpaired) electrons. The van der Waals surface area contributed by atoms with Crippen molar-refractivity contribution in [3.63, 3.8) is 0 Å². The fourth-order valence-corrected chi connectivity index (χ4v) is 5.15. The van der Waals surface area contributed by atoms with Gasteiger partial charge in [-0.2, -0.15) is 0 Å². The van der Waals surface area contributed by atoms with E-state index in [1.807, 2.05) is 48.5 Å². The zero-order chi connectivity index (χ0) is 22.7. The summed E-state index contributed by atoms with van der Waals surface area (Å²) in [4.78, 5) is 0. The Hall–Kier alpha value is -3.45. The summed E-state index contributed by atoms with van der Waals surface area (Å²) in [5.41, 5.74) is 11.4. The Labute approximate surface area is 188 Å². The van der Waals surface area contributed by atoms with Crippen molar-refractivity contribution in [1.29, 1.82) is 0 Å². The van der Waals surface area contributed by atoms with E-state index in [1.54, 1.807) is 31.4 Å². The molecule has 0 amide bonds. The fourth-order valence-electron chi connectivity index (χ4n) is 3.96. The van der Waals surface area contributed by atoms with Gasteiger partial charge in [0.1, 0.15) is 5.75 Å². The molecule has 0 spiro atoms. The van der Waals surface area contributed by atoms with Gasteiger partial charge in [-0.1, -0.05) is 49.4 Å². The standard InChI is InChI=1S/C25H27N3O3S/c1-3-15-28-23-16-21(31-2)13-14-22(23)24(26)25(28)19-9-11-20(12-10-19)27-32(29,30)17-18-7-5-4-6-8-18/h4-14,16,27H,3,15,17,26H2,1-2H3. The molecule has 0 aliphatic rings. The van der Waals surface area contributed by atoms with Gasteiger partial charge in [0.05, 0.1) is 29.8 Å². The number of sulfonamides is 1. The van der Waals surface area contributed by atoms with Crippen LogP contribution in [0.5, 0.6) is 5.75 Å². The average Bonchev–Trinajstić information content (AvgIpc) is 3.05. The van der Waals surface area contributed by atoms with Gasteiger partial charge in [-0.15, -0.1) is 0 Å². The zero-order valence-electron chi connectivity index (χ0n) is 18.2. The Bertz CT molecular complexity index is 1330. The first-order valence-electron chi connectivity index (χ1n) is 10.5. The maximum absolute atomic E-state index is 12.5. The minimum atomic E-state index is -3.51. The summed E-state index contributed by atoms with van der Waals surface area (Å²) in [6.45, 7) is 2.93. The second kappa shape index (κ2) is 8.96. The summed E-state index contributed by atoms with van der Waals surface area (Å²) in [6, 6.07) is 22.3. The normalized spacial score (nSPS) is 11.6. The average molecular weight is 450 g/mol. The lowest BCUT2D eigenvalue weighted by atomic mass is 10.1.